The summed E-state index contributed by atoms with van der Waals surface area (Å²) in [6.07, 6.45) is 1.63. The van der Waals surface area contributed by atoms with E-state index in [9.17, 15) is 9.59 Å². The molecule has 100 valence electrons. The minimum Gasteiger partial charge on any atom is -0.372 e. The van der Waals surface area contributed by atoms with Crippen molar-refractivity contribution in [1.82, 2.24) is 15.1 Å². The van der Waals surface area contributed by atoms with Crippen molar-refractivity contribution in [2.75, 3.05) is 25.1 Å². The van der Waals surface area contributed by atoms with Crippen LogP contribution in [0.2, 0.25) is 0 Å². The molecule has 0 aliphatic heterocycles. The summed E-state index contributed by atoms with van der Waals surface area (Å²) in [6, 6.07) is 1.63. The average molecular weight is 254 g/mol. The number of ether oxygens (including phenoxy) is 1. The molecule has 0 radical (unpaired) electrons. The smallest absolute Gasteiger partial charge is 0.251 e. The molecule has 0 fully saturated rings. The second kappa shape index (κ2) is 7.44. The van der Waals surface area contributed by atoms with E-state index in [2.05, 4.69) is 15.7 Å². The standard InChI is InChI=1S/C11H18N4O3/c1-3-12-10(16)7-15-6-5-9(14-15)13-11(17)8-18-4-2/h5-6H,3-4,7-8H2,1-2H3,(H,12,16)(H,13,14,17). The highest BCUT2D eigenvalue weighted by Gasteiger charge is 2.06. The van der Waals surface area contributed by atoms with Crippen LogP contribution in [-0.4, -0.2) is 41.4 Å². The van der Waals surface area contributed by atoms with Gasteiger partial charge in [0.2, 0.25) is 5.91 Å². The summed E-state index contributed by atoms with van der Waals surface area (Å²) in [6.45, 7) is 4.86. The minimum atomic E-state index is -0.264. The zero-order chi connectivity index (χ0) is 13.4. The van der Waals surface area contributed by atoms with Crippen molar-refractivity contribution in [2.45, 2.75) is 20.4 Å². The van der Waals surface area contributed by atoms with Crippen LogP contribution in [0.15, 0.2) is 12.3 Å². The maximum atomic E-state index is 11.3. The van der Waals surface area contributed by atoms with E-state index in [4.69, 9.17) is 4.74 Å². The van der Waals surface area contributed by atoms with E-state index in [0.717, 1.165) is 0 Å². The van der Waals surface area contributed by atoms with Gasteiger partial charge in [-0.3, -0.25) is 14.3 Å². The number of hydrogen-bond donors (Lipinski definition) is 2. The molecule has 0 aliphatic carbocycles. The van der Waals surface area contributed by atoms with E-state index in [1.807, 2.05) is 13.8 Å². The largest absolute Gasteiger partial charge is 0.372 e. The molecule has 0 bridgehead atoms. The van der Waals surface area contributed by atoms with Crippen LogP contribution in [0.4, 0.5) is 5.82 Å². The molecular formula is C11H18N4O3. The number of anilines is 1. The summed E-state index contributed by atoms with van der Waals surface area (Å²) in [5, 5.41) is 9.29. The summed E-state index contributed by atoms with van der Waals surface area (Å²) < 4.78 is 6.42. The van der Waals surface area contributed by atoms with Crippen molar-refractivity contribution >= 4 is 17.6 Å². The zero-order valence-electron chi connectivity index (χ0n) is 10.6. The predicted octanol–water partition coefficient (Wildman–Crippen LogP) is -0.00580. The Kier molecular flexibility index (Phi) is 5.86. The number of rotatable bonds is 7. The fourth-order valence-corrected chi connectivity index (χ4v) is 1.29. The minimum absolute atomic E-state index is 0.000317. The lowest BCUT2D eigenvalue weighted by atomic mass is 10.5. The summed E-state index contributed by atoms with van der Waals surface area (Å²) in [5.74, 6) is 0.0249. The Bertz CT molecular complexity index is 403. The third kappa shape index (κ3) is 4.96. The van der Waals surface area contributed by atoms with E-state index in [-0.39, 0.29) is 25.0 Å². The number of carbonyl (C=O) groups excluding carboxylic acids is 2. The van der Waals surface area contributed by atoms with Crippen LogP contribution in [0.5, 0.6) is 0 Å². The Morgan fingerprint density at radius 1 is 1.39 bits per heavy atom. The molecule has 0 saturated heterocycles. The van der Waals surface area contributed by atoms with E-state index >= 15 is 0 Å². The van der Waals surface area contributed by atoms with Gasteiger partial charge in [0.1, 0.15) is 13.2 Å². The van der Waals surface area contributed by atoms with Crippen molar-refractivity contribution in [3.05, 3.63) is 12.3 Å². The van der Waals surface area contributed by atoms with Crippen molar-refractivity contribution < 1.29 is 14.3 Å². The van der Waals surface area contributed by atoms with E-state index in [0.29, 0.717) is 19.0 Å². The molecule has 2 N–H and O–H groups in total. The highest BCUT2D eigenvalue weighted by molar-refractivity contribution is 5.90. The highest BCUT2D eigenvalue weighted by atomic mass is 16.5. The van der Waals surface area contributed by atoms with E-state index in [1.165, 1.54) is 4.68 Å². The monoisotopic (exact) mass is 254 g/mol. The van der Waals surface area contributed by atoms with Gasteiger partial charge in [0, 0.05) is 25.4 Å². The molecule has 0 saturated carbocycles. The van der Waals surface area contributed by atoms with Crippen LogP contribution in [0.25, 0.3) is 0 Å². The average Bonchev–Trinajstić information content (AvgIpc) is 2.74. The molecule has 0 atom stereocenters. The summed E-state index contributed by atoms with van der Waals surface area (Å²) >= 11 is 0. The van der Waals surface area contributed by atoms with Crippen LogP contribution in [-0.2, 0) is 20.9 Å². The summed E-state index contributed by atoms with van der Waals surface area (Å²) in [5.41, 5.74) is 0. The molecule has 2 amide bonds. The molecule has 0 spiro atoms. The summed E-state index contributed by atoms with van der Waals surface area (Å²) in [4.78, 5) is 22.6. The third-order valence-corrected chi connectivity index (χ3v) is 2.02. The van der Waals surface area contributed by atoms with Gasteiger partial charge in [-0.1, -0.05) is 0 Å². The number of likely N-dealkylation sites (N-methyl/N-ethyl adjacent to an activating group) is 1. The van der Waals surface area contributed by atoms with Gasteiger partial charge in [0.25, 0.3) is 5.91 Å². The quantitative estimate of drug-likeness (QED) is 0.717. The Labute approximate surface area is 105 Å². The molecule has 1 aromatic heterocycles. The Balaban J connectivity index is 2.43. The molecule has 7 heteroatoms. The molecule has 7 nitrogen and oxygen atoms in total. The second-order valence-corrected chi connectivity index (χ2v) is 3.54. The van der Waals surface area contributed by atoms with Gasteiger partial charge < -0.3 is 15.4 Å². The molecule has 1 heterocycles. The lowest BCUT2D eigenvalue weighted by Gasteiger charge is -2.03. The molecule has 1 rings (SSSR count). The summed E-state index contributed by atoms with van der Waals surface area (Å²) in [7, 11) is 0. The van der Waals surface area contributed by atoms with Gasteiger partial charge in [0.05, 0.1) is 0 Å². The second-order valence-electron chi connectivity index (χ2n) is 3.54. The third-order valence-electron chi connectivity index (χ3n) is 2.02. The number of nitrogens with one attached hydrogen (secondary N) is 2. The molecule has 18 heavy (non-hydrogen) atoms. The van der Waals surface area contributed by atoms with Crippen LogP contribution in [0, 0.1) is 0 Å². The van der Waals surface area contributed by atoms with Crippen molar-refractivity contribution in [1.29, 1.82) is 0 Å². The highest BCUT2D eigenvalue weighted by Crippen LogP contribution is 2.02. The number of hydrogen-bond acceptors (Lipinski definition) is 4. The first kappa shape index (κ1) is 14.2. The molecule has 0 aliphatic rings. The van der Waals surface area contributed by atoms with Gasteiger partial charge in [-0.15, -0.1) is 0 Å². The van der Waals surface area contributed by atoms with Crippen LogP contribution >= 0.6 is 0 Å². The number of nitrogens with zero attached hydrogens (tertiary/aromatic N) is 2. The van der Waals surface area contributed by atoms with Crippen molar-refractivity contribution in [2.24, 2.45) is 0 Å². The Hall–Kier alpha value is -1.89. The maximum Gasteiger partial charge on any atom is 0.251 e. The normalized spacial score (nSPS) is 10.1. The van der Waals surface area contributed by atoms with Crippen molar-refractivity contribution in [3.8, 4) is 0 Å². The predicted molar refractivity (Wildman–Crippen MR) is 66.0 cm³/mol. The zero-order valence-corrected chi connectivity index (χ0v) is 10.6. The lowest BCUT2D eigenvalue weighted by molar-refractivity contribution is -0.122. The first-order chi connectivity index (χ1) is 8.65. The molecule has 0 unspecified atom stereocenters. The first-order valence-electron chi connectivity index (χ1n) is 5.83. The fourth-order valence-electron chi connectivity index (χ4n) is 1.29. The number of amides is 2. The van der Waals surface area contributed by atoms with Gasteiger partial charge in [0.15, 0.2) is 5.82 Å². The molecule has 0 aromatic carbocycles. The number of carbonyl (C=O) groups is 2. The van der Waals surface area contributed by atoms with Crippen molar-refractivity contribution in [3.63, 3.8) is 0 Å². The Morgan fingerprint density at radius 3 is 2.83 bits per heavy atom. The molecule has 1 aromatic rings. The SMILES string of the molecule is CCNC(=O)Cn1ccc(NC(=O)COCC)n1. The topological polar surface area (TPSA) is 85.2 Å². The lowest BCUT2D eigenvalue weighted by Crippen LogP contribution is -2.27. The van der Waals surface area contributed by atoms with Gasteiger partial charge in [-0.05, 0) is 13.8 Å². The maximum absolute atomic E-state index is 11.3. The van der Waals surface area contributed by atoms with Crippen LogP contribution < -0.4 is 10.6 Å². The van der Waals surface area contributed by atoms with Gasteiger partial charge in [-0.2, -0.15) is 5.10 Å². The van der Waals surface area contributed by atoms with Gasteiger partial charge in [-0.25, -0.2) is 0 Å². The number of aromatic nitrogens is 2. The Morgan fingerprint density at radius 2 is 2.17 bits per heavy atom. The van der Waals surface area contributed by atoms with Crippen LogP contribution in [0.3, 0.4) is 0 Å². The fraction of sp³-hybridized carbons (Fsp3) is 0.545. The van der Waals surface area contributed by atoms with Gasteiger partial charge >= 0.3 is 0 Å². The van der Waals surface area contributed by atoms with E-state index < -0.39 is 0 Å². The first-order valence-corrected chi connectivity index (χ1v) is 5.83. The van der Waals surface area contributed by atoms with Crippen LogP contribution in [0.1, 0.15) is 13.8 Å². The molecular weight excluding hydrogens is 236 g/mol. The van der Waals surface area contributed by atoms with E-state index in [1.54, 1.807) is 12.3 Å².